The number of nitrogens with two attached hydrogens (primary N) is 1. The highest BCUT2D eigenvalue weighted by molar-refractivity contribution is 7.80. The summed E-state index contributed by atoms with van der Waals surface area (Å²) in [6.07, 6.45) is 4.03. The van der Waals surface area contributed by atoms with Crippen molar-refractivity contribution in [3.63, 3.8) is 0 Å². The molecule has 3 heteroatoms. The van der Waals surface area contributed by atoms with Crippen LogP contribution in [0.3, 0.4) is 0 Å². The van der Waals surface area contributed by atoms with Crippen LogP contribution in [0, 0.1) is 5.92 Å². The Morgan fingerprint density at radius 2 is 2.19 bits per heavy atom. The Morgan fingerprint density at radius 3 is 2.81 bits per heavy atom. The molecule has 0 saturated heterocycles. The second-order valence-corrected chi connectivity index (χ2v) is 5.07. The van der Waals surface area contributed by atoms with E-state index in [4.69, 9.17) is 18.0 Å². The molecule has 1 saturated carbocycles. The minimum Gasteiger partial charge on any atom is -0.389 e. The zero-order chi connectivity index (χ0) is 11.5. The van der Waals surface area contributed by atoms with E-state index in [1.165, 1.54) is 19.3 Å². The van der Waals surface area contributed by atoms with Gasteiger partial charge in [0.05, 0.1) is 0 Å². The van der Waals surface area contributed by atoms with Crippen molar-refractivity contribution >= 4 is 22.9 Å². The number of rotatable bonds is 5. The van der Waals surface area contributed by atoms with Crippen molar-refractivity contribution in [3.8, 4) is 0 Å². The molecule has 2 nitrogen and oxygen atoms in total. The molecule has 0 heterocycles. The van der Waals surface area contributed by atoms with E-state index < -0.39 is 0 Å². The Labute approximate surface area is 102 Å². The van der Waals surface area contributed by atoms with Gasteiger partial charge in [-0.2, -0.15) is 0 Å². The van der Waals surface area contributed by atoms with Gasteiger partial charge in [0.15, 0.2) is 0 Å². The van der Waals surface area contributed by atoms with Crippen molar-refractivity contribution in [3.05, 3.63) is 29.8 Å². The summed E-state index contributed by atoms with van der Waals surface area (Å²) >= 11 is 5.04. The monoisotopic (exact) mass is 234 g/mol. The first-order chi connectivity index (χ1) is 7.66. The Kier molecular flexibility index (Phi) is 3.44. The summed E-state index contributed by atoms with van der Waals surface area (Å²) in [6, 6.07) is 8.47. The second-order valence-electron chi connectivity index (χ2n) is 4.63. The molecule has 1 aliphatic carbocycles. The Morgan fingerprint density at radius 1 is 1.50 bits per heavy atom. The van der Waals surface area contributed by atoms with Crippen molar-refractivity contribution in [2.75, 3.05) is 5.32 Å². The van der Waals surface area contributed by atoms with Crippen LogP contribution in [0.2, 0.25) is 0 Å². The van der Waals surface area contributed by atoms with E-state index in [9.17, 15) is 0 Å². The number of benzene rings is 1. The summed E-state index contributed by atoms with van der Waals surface area (Å²) in [5, 5.41) is 3.50. The van der Waals surface area contributed by atoms with Crippen molar-refractivity contribution in [2.24, 2.45) is 11.7 Å². The van der Waals surface area contributed by atoms with Gasteiger partial charge in [0.2, 0.25) is 0 Å². The molecule has 0 aliphatic heterocycles. The minimum atomic E-state index is 0.460. The molecule has 1 aromatic rings. The third-order valence-corrected chi connectivity index (χ3v) is 3.20. The molecule has 0 spiro atoms. The number of hydrogen-bond acceptors (Lipinski definition) is 2. The zero-order valence-electron chi connectivity index (χ0n) is 9.57. The van der Waals surface area contributed by atoms with Crippen molar-refractivity contribution in [1.82, 2.24) is 0 Å². The van der Waals surface area contributed by atoms with E-state index in [1.54, 1.807) is 0 Å². The lowest BCUT2D eigenvalue weighted by Gasteiger charge is -2.17. The van der Waals surface area contributed by atoms with Gasteiger partial charge in [-0.3, -0.25) is 0 Å². The highest BCUT2D eigenvalue weighted by atomic mass is 32.1. The molecule has 2 rings (SSSR count). The van der Waals surface area contributed by atoms with E-state index in [0.717, 1.165) is 17.2 Å². The number of para-hydroxylation sites is 1. The first-order valence-corrected chi connectivity index (χ1v) is 6.23. The minimum absolute atomic E-state index is 0.460. The topological polar surface area (TPSA) is 38.0 Å². The van der Waals surface area contributed by atoms with Gasteiger partial charge in [-0.1, -0.05) is 37.2 Å². The van der Waals surface area contributed by atoms with Crippen LogP contribution < -0.4 is 11.1 Å². The van der Waals surface area contributed by atoms with Gasteiger partial charge in [0, 0.05) is 17.3 Å². The molecule has 0 amide bonds. The molecule has 1 unspecified atom stereocenters. The fraction of sp³-hybridized carbons (Fsp3) is 0.462. The van der Waals surface area contributed by atoms with Crippen LogP contribution in [0.15, 0.2) is 24.3 Å². The lowest BCUT2D eigenvalue weighted by atomic mass is 10.1. The molecule has 0 radical (unpaired) electrons. The quantitative estimate of drug-likeness (QED) is 0.769. The number of anilines is 1. The smallest absolute Gasteiger partial charge is 0.106 e. The number of hydrogen-bond donors (Lipinski definition) is 2. The van der Waals surface area contributed by atoms with Gasteiger partial charge in [-0.25, -0.2) is 0 Å². The summed E-state index contributed by atoms with van der Waals surface area (Å²) < 4.78 is 0. The molecular weight excluding hydrogens is 216 g/mol. The van der Waals surface area contributed by atoms with Crippen molar-refractivity contribution in [1.29, 1.82) is 0 Å². The standard InChI is InChI=1S/C13H18N2S/c1-9(8-10-6-7-10)15-12-5-3-2-4-11(12)13(14)16/h2-5,9-10,15H,6-8H2,1H3,(H2,14,16). The molecule has 0 bridgehead atoms. The van der Waals surface area contributed by atoms with E-state index in [-0.39, 0.29) is 0 Å². The van der Waals surface area contributed by atoms with Gasteiger partial charge in [-0.05, 0) is 31.4 Å². The summed E-state index contributed by atoms with van der Waals surface area (Å²) in [5.74, 6) is 0.930. The Bertz CT molecular complexity index is 385. The second kappa shape index (κ2) is 4.83. The van der Waals surface area contributed by atoms with Gasteiger partial charge in [-0.15, -0.1) is 0 Å². The van der Waals surface area contributed by atoms with Crippen LogP contribution in [-0.2, 0) is 0 Å². The summed E-state index contributed by atoms with van der Waals surface area (Å²) in [7, 11) is 0. The molecular formula is C13H18N2S. The average Bonchev–Trinajstić information content (AvgIpc) is 3.02. The third-order valence-electron chi connectivity index (χ3n) is 2.98. The molecule has 86 valence electrons. The lowest BCUT2D eigenvalue weighted by Crippen LogP contribution is -2.19. The van der Waals surface area contributed by atoms with Gasteiger partial charge >= 0.3 is 0 Å². The molecule has 1 aliphatic rings. The van der Waals surface area contributed by atoms with Crippen molar-refractivity contribution in [2.45, 2.75) is 32.2 Å². The molecule has 1 atom stereocenters. The SMILES string of the molecule is CC(CC1CC1)Nc1ccccc1C(N)=S. The van der Waals surface area contributed by atoms with E-state index in [0.29, 0.717) is 11.0 Å². The first-order valence-electron chi connectivity index (χ1n) is 5.82. The normalized spacial score (nSPS) is 16.8. The summed E-state index contributed by atoms with van der Waals surface area (Å²) in [5.41, 5.74) is 7.70. The van der Waals surface area contributed by atoms with Crippen LogP contribution in [0.1, 0.15) is 31.7 Å². The highest BCUT2D eigenvalue weighted by Crippen LogP contribution is 2.34. The Hall–Kier alpha value is -1.09. The Balaban J connectivity index is 2.04. The van der Waals surface area contributed by atoms with Crippen LogP contribution in [0.4, 0.5) is 5.69 Å². The maximum absolute atomic E-state index is 5.70. The third kappa shape index (κ3) is 2.95. The maximum atomic E-state index is 5.70. The predicted molar refractivity (Wildman–Crippen MR) is 72.8 cm³/mol. The maximum Gasteiger partial charge on any atom is 0.106 e. The zero-order valence-corrected chi connectivity index (χ0v) is 10.4. The van der Waals surface area contributed by atoms with Gasteiger partial charge in [0.1, 0.15) is 4.99 Å². The number of nitrogens with one attached hydrogen (secondary N) is 1. The van der Waals surface area contributed by atoms with Crippen LogP contribution >= 0.6 is 12.2 Å². The van der Waals surface area contributed by atoms with Gasteiger partial charge in [0.25, 0.3) is 0 Å². The van der Waals surface area contributed by atoms with E-state index in [1.807, 2.05) is 24.3 Å². The molecule has 16 heavy (non-hydrogen) atoms. The first kappa shape index (κ1) is 11.4. The van der Waals surface area contributed by atoms with Gasteiger partial charge < -0.3 is 11.1 Å². The summed E-state index contributed by atoms with van der Waals surface area (Å²) in [4.78, 5) is 0.460. The number of thiocarbonyl (C=S) groups is 1. The average molecular weight is 234 g/mol. The predicted octanol–water partition coefficient (Wildman–Crippen LogP) is 2.92. The fourth-order valence-electron chi connectivity index (χ4n) is 2.00. The molecule has 1 aromatic carbocycles. The molecule has 0 aromatic heterocycles. The van der Waals surface area contributed by atoms with Crippen LogP contribution in [0.25, 0.3) is 0 Å². The lowest BCUT2D eigenvalue weighted by molar-refractivity contribution is 0.642. The molecule has 1 fully saturated rings. The van der Waals surface area contributed by atoms with Crippen LogP contribution in [0.5, 0.6) is 0 Å². The summed E-state index contributed by atoms with van der Waals surface area (Å²) in [6.45, 7) is 2.22. The largest absolute Gasteiger partial charge is 0.389 e. The van der Waals surface area contributed by atoms with E-state index in [2.05, 4.69) is 12.2 Å². The van der Waals surface area contributed by atoms with Crippen LogP contribution in [-0.4, -0.2) is 11.0 Å². The van der Waals surface area contributed by atoms with E-state index >= 15 is 0 Å². The fourth-order valence-corrected chi connectivity index (χ4v) is 2.18. The van der Waals surface area contributed by atoms with Crippen molar-refractivity contribution < 1.29 is 0 Å². The highest BCUT2D eigenvalue weighted by Gasteiger charge is 2.23. The molecule has 3 N–H and O–H groups in total.